The van der Waals surface area contributed by atoms with Crippen LogP contribution in [-0.2, 0) is 11.3 Å². The Balaban J connectivity index is 1.50. The first-order valence-electron chi connectivity index (χ1n) is 9.76. The zero-order valence-corrected chi connectivity index (χ0v) is 17.3. The number of aryl methyl sites for hydroxylation is 1. The van der Waals surface area contributed by atoms with Crippen LogP contribution in [0.4, 0.5) is 0 Å². The highest BCUT2D eigenvalue weighted by atomic mass is 32.2. The molecule has 0 bridgehead atoms. The van der Waals surface area contributed by atoms with Crippen LogP contribution in [0.25, 0.3) is 22.1 Å². The molecule has 0 aliphatic carbocycles. The van der Waals surface area contributed by atoms with Crippen LogP contribution in [0.1, 0.15) is 31.9 Å². The largest absolute Gasteiger partial charge is 0.349 e. The van der Waals surface area contributed by atoms with Crippen LogP contribution in [0.2, 0.25) is 0 Å². The molecule has 0 unspecified atom stereocenters. The summed E-state index contributed by atoms with van der Waals surface area (Å²) in [5, 5.41) is 13.2. The van der Waals surface area contributed by atoms with E-state index in [1.54, 1.807) is 0 Å². The second-order valence-electron chi connectivity index (χ2n) is 6.92. The van der Waals surface area contributed by atoms with Gasteiger partial charge in [0.25, 0.3) is 0 Å². The average molecular weight is 406 g/mol. The normalized spacial score (nSPS) is 12.3. The number of benzene rings is 2. The van der Waals surface area contributed by atoms with E-state index in [4.69, 9.17) is 4.98 Å². The third-order valence-corrected chi connectivity index (χ3v) is 5.65. The number of hydrogen-bond donors (Lipinski definition) is 1. The molecular formula is C22H23N5OS. The number of nitrogens with zero attached hydrogens (tertiary/aromatic N) is 4. The number of nitrogens with one attached hydrogen (secondary N) is 1. The lowest BCUT2D eigenvalue weighted by Crippen LogP contribution is -2.28. The van der Waals surface area contributed by atoms with Crippen LogP contribution in [0.3, 0.4) is 0 Å². The van der Waals surface area contributed by atoms with Gasteiger partial charge in [-0.05, 0) is 25.0 Å². The van der Waals surface area contributed by atoms with Crippen LogP contribution in [0.15, 0.2) is 59.8 Å². The number of hydrogen-bond acceptors (Lipinski definition) is 5. The van der Waals surface area contributed by atoms with Gasteiger partial charge in [-0.15, -0.1) is 10.2 Å². The molecule has 1 atom stereocenters. The summed E-state index contributed by atoms with van der Waals surface area (Å²) in [6.45, 7) is 4.98. The summed E-state index contributed by atoms with van der Waals surface area (Å²) in [7, 11) is 0. The lowest BCUT2D eigenvalue weighted by molar-refractivity contribution is -0.119. The molecule has 0 spiro atoms. The minimum atomic E-state index is -0.0517. The van der Waals surface area contributed by atoms with Crippen molar-refractivity contribution in [3.05, 3.63) is 60.2 Å². The number of amides is 1. The van der Waals surface area contributed by atoms with Gasteiger partial charge in [0, 0.05) is 11.9 Å². The molecule has 2 heterocycles. The van der Waals surface area contributed by atoms with Gasteiger partial charge in [-0.3, -0.25) is 4.79 Å². The molecule has 1 N–H and O–H groups in total. The third-order valence-electron chi connectivity index (χ3n) is 4.81. The Morgan fingerprint density at radius 1 is 1.10 bits per heavy atom. The molecule has 2 aromatic carbocycles. The zero-order valence-electron chi connectivity index (χ0n) is 16.5. The van der Waals surface area contributed by atoms with Crippen molar-refractivity contribution in [2.24, 2.45) is 0 Å². The number of aromatic nitrogens is 4. The summed E-state index contributed by atoms with van der Waals surface area (Å²) in [6, 6.07) is 18.0. The summed E-state index contributed by atoms with van der Waals surface area (Å²) in [5.41, 5.74) is 3.82. The number of carbonyl (C=O) groups is 1. The van der Waals surface area contributed by atoms with Gasteiger partial charge in [0.15, 0.2) is 5.65 Å². The number of para-hydroxylation sites is 1. The van der Waals surface area contributed by atoms with E-state index in [1.165, 1.54) is 11.8 Å². The summed E-state index contributed by atoms with van der Waals surface area (Å²) in [6.07, 6.45) is 1.00. The minimum absolute atomic E-state index is 0.0436. The van der Waals surface area contributed by atoms with Gasteiger partial charge < -0.3 is 9.88 Å². The molecule has 0 aliphatic rings. The molecule has 0 saturated heterocycles. The highest BCUT2D eigenvalue weighted by molar-refractivity contribution is 7.99. The molecule has 4 rings (SSSR count). The molecular weight excluding hydrogens is 382 g/mol. The summed E-state index contributed by atoms with van der Waals surface area (Å²) >= 11 is 1.31. The highest BCUT2D eigenvalue weighted by Crippen LogP contribution is 2.27. The predicted octanol–water partition coefficient (Wildman–Crippen LogP) is 4.36. The molecule has 0 radical (unpaired) electrons. The van der Waals surface area contributed by atoms with Gasteiger partial charge in [-0.25, -0.2) is 4.98 Å². The van der Waals surface area contributed by atoms with E-state index in [-0.39, 0.29) is 17.7 Å². The van der Waals surface area contributed by atoms with Crippen molar-refractivity contribution in [3.63, 3.8) is 0 Å². The fourth-order valence-corrected chi connectivity index (χ4v) is 4.03. The topological polar surface area (TPSA) is 72.7 Å². The zero-order chi connectivity index (χ0) is 20.2. The van der Waals surface area contributed by atoms with Crippen LogP contribution in [-0.4, -0.2) is 31.4 Å². The van der Waals surface area contributed by atoms with Crippen molar-refractivity contribution < 1.29 is 4.79 Å². The van der Waals surface area contributed by atoms with E-state index < -0.39 is 0 Å². The predicted molar refractivity (Wildman–Crippen MR) is 117 cm³/mol. The molecule has 2 aromatic heterocycles. The van der Waals surface area contributed by atoms with Crippen molar-refractivity contribution >= 4 is 39.7 Å². The van der Waals surface area contributed by atoms with E-state index in [2.05, 4.69) is 33.1 Å². The third kappa shape index (κ3) is 4.10. The van der Waals surface area contributed by atoms with E-state index in [9.17, 15) is 4.79 Å². The Kier molecular flexibility index (Phi) is 5.76. The van der Waals surface area contributed by atoms with E-state index in [1.807, 2.05) is 55.5 Å². The van der Waals surface area contributed by atoms with Gasteiger partial charge in [-0.1, -0.05) is 67.2 Å². The number of thioether (sulfide) groups is 1. The number of carbonyl (C=O) groups excluding carboxylic acids is 1. The standard InChI is InChI=1S/C22H23N5OS/c1-3-13-27-18-12-8-7-11-17(18)20-21(27)24-22(26-25-20)29-14-19(28)23-15(2)16-9-5-4-6-10-16/h4-12,15H,3,13-14H2,1-2H3,(H,23,28)/t15-/m0/s1. The van der Waals surface area contributed by atoms with Crippen LogP contribution in [0, 0.1) is 0 Å². The number of rotatable bonds is 7. The summed E-state index contributed by atoms with van der Waals surface area (Å²) in [4.78, 5) is 17.1. The second kappa shape index (κ2) is 8.61. The maximum atomic E-state index is 12.4. The maximum absolute atomic E-state index is 12.4. The Hall–Kier alpha value is -2.93. The highest BCUT2D eigenvalue weighted by Gasteiger charge is 2.15. The Labute approximate surface area is 173 Å². The Morgan fingerprint density at radius 2 is 1.86 bits per heavy atom. The second-order valence-corrected chi connectivity index (χ2v) is 7.87. The van der Waals surface area contributed by atoms with Gasteiger partial charge in [0.2, 0.25) is 11.1 Å². The molecule has 7 heteroatoms. The molecule has 4 aromatic rings. The van der Waals surface area contributed by atoms with Gasteiger partial charge in [0.1, 0.15) is 5.52 Å². The van der Waals surface area contributed by atoms with Crippen LogP contribution >= 0.6 is 11.8 Å². The number of fused-ring (bicyclic) bond motifs is 3. The lowest BCUT2D eigenvalue weighted by Gasteiger charge is -2.13. The first-order valence-corrected chi connectivity index (χ1v) is 10.7. The fraction of sp³-hybridized carbons (Fsp3) is 0.273. The fourth-order valence-electron chi connectivity index (χ4n) is 3.44. The maximum Gasteiger partial charge on any atom is 0.230 e. The van der Waals surface area contributed by atoms with Gasteiger partial charge in [-0.2, -0.15) is 0 Å². The van der Waals surface area contributed by atoms with Crippen molar-refractivity contribution in [1.82, 2.24) is 25.1 Å². The van der Waals surface area contributed by atoms with Crippen LogP contribution < -0.4 is 5.32 Å². The quantitative estimate of drug-likeness (QED) is 0.463. The van der Waals surface area contributed by atoms with Crippen molar-refractivity contribution in [2.45, 2.75) is 38.0 Å². The smallest absolute Gasteiger partial charge is 0.230 e. The molecule has 148 valence electrons. The van der Waals surface area contributed by atoms with Crippen molar-refractivity contribution in [2.75, 3.05) is 5.75 Å². The minimum Gasteiger partial charge on any atom is -0.349 e. The van der Waals surface area contributed by atoms with Crippen molar-refractivity contribution in [3.8, 4) is 0 Å². The SMILES string of the molecule is CCCn1c2ccccc2c2nnc(SCC(=O)N[C@@H](C)c3ccccc3)nc21. The van der Waals surface area contributed by atoms with E-state index >= 15 is 0 Å². The Bertz CT molecular complexity index is 1140. The van der Waals surface area contributed by atoms with Crippen LogP contribution in [0.5, 0.6) is 0 Å². The van der Waals surface area contributed by atoms with Gasteiger partial charge >= 0.3 is 0 Å². The molecule has 0 aliphatic heterocycles. The summed E-state index contributed by atoms with van der Waals surface area (Å²) in [5.74, 6) is 0.197. The lowest BCUT2D eigenvalue weighted by atomic mass is 10.1. The summed E-state index contributed by atoms with van der Waals surface area (Å²) < 4.78 is 2.18. The van der Waals surface area contributed by atoms with E-state index in [0.29, 0.717) is 5.16 Å². The molecule has 29 heavy (non-hydrogen) atoms. The van der Waals surface area contributed by atoms with Crippen molar-refractivity contribution in [1.29, 1.82) is 0 Å². The Morgan fingerprint density at radius 3 is 2.66 bits per heavy atom. The molecule has 6 nitrogen and oxygen atoms in total. The first-order chi connectivity index (χ1) is 14.2. The molecule has 1 amide bonds. The monoisotopic (exact) mass is 405 g/mol. The van der Waals surface area contributed by atoms with Gasteiger partial charge in [0.05, 0.1) is 17.3 Å². The average Bonchev–Trinajstić information content (AvgIpc) is 3.06. The molecule has 0 fully saturated rings. The first kappa shape index (κ1) is 19.4. The van der Waals surface area contributed by atoms with E-state index in [0.717, 1.165) is 40.6 Å². The molecule has 0 saturated carbocycles.